The van der Waals surface area contributed by atoms with Crippen molar-refractivity contribution in [3.8, 4) is 0 Å². The van der Waals surface area contributed by atoms with Gasteiger partial charge in [0.05, 0.1) is 19.8 Å². The molecule has 0 spiro atoms. The van der Waals surface area contributed by atoms with Gasteiger partial charge in [-0.15, -0.1) is 0 Å². The van der Waals surface area contributed by atoms with E-state index in [1.807, 2.05) is 9.80 Å². The lowest BCUT2D eigenvalue weighted by Crippen LogP contribution is -2.57. The third kappa shape index (κ3) is 4.57. The maximum atomic E-state index is 14.0. The highest BCUT2D eigenvalue weighted by atomic mass is 19.1. The highest BCUT2D eigenvalue weighted by Gasteiger charge is 2.38. The number of hydrogen-bond acceptors (Lipinski definition) is 4. The fraction of sp³-hybridized carbons (Fsp3) is 0.632. The summed E-state index contributed by atoms with van der Waals surface area (Å²) in [6, 6.07) is 6.56. The van der Waals surface area contributed by atoms with Crippen molar-refractivity contribution < 1.29 is 19.0 Å². The molecule has 0 saturated carbocycles. The number of piperidine rings is 1. The molecule has 2 aliphatic heterocycles. The summed E-state index contributed by atoms with van der Waals surface area (Å²) in [4.78, 5) is 16.5. The molecule has 1 atom stereocenters. The molecule has 0 bridgehead atoms. The van der Waals surface area contributed by atoms with E-state index in [1.54, 1.807) is 18.2 Å². The summed E-state index contributed by atoms with van der Waals surface area (Å²) in [6.45, 7) is 3.32. The molecular weight excluding hydrogens is 323 g/mol. The van der Waals surface area contributed by atoms with Gasteiger partial charge in [0.15, 0.2) is 0 Å². The van der Waals surface area contributed by atoms with Gasteiger partial charge in [0, 0.05) is 32.6 Å². The smallest absolute Gasteiger partial charge is 0.236 e. The first-order valence-electron chi connectivity index (χ1n) is 9.10. The average molecular weight is 350 g/mol. The van der Waals surface area contributed by atoms with Crippen molar-refractivity contribution in [2.75, 3.05) is 45.9 Å². The zero-order valence-electron chi connectivity index (χ0n) is 14.6. The average Bonchev–Trinajstić information content (AvgIpc) is 2.65. The summed E-state index contributed by atoms with van der Waals surface area (Å²) in [6.07, 6.45) is 3.63. The van der Waals surface area contributed by atoms with Crippen molar-refractivity contribution in [1.82, 2.24) is 9.80 Å². The summed E-state index contributed by atoms with van der Waals surface area (Å²) >= 11 is 0. The van der Waals surface area contributed by atoms with E-state index >= 15 is 0 Å². The van der Waals surface area contributed by atoms with Crippen LogP contribution in [-0.2, 0) is 16.0 Å². The number of amides is 1. The second kappa shape index (κ2) is 8.25. The Morgan fingerprint density at radius 1 is 1.20 bits per heavy atom. The highest BCUT2D eigenvalue weighted by Crippen LogP contribution is 2.24. The van der Waals surface area contributed by atoms with Crippen LogP contribution in [0.1, 0.15) is 24.8 Å². The monoisotopic (exact) mass is 350 g/mol. The number of hydrogen-bond donors (Lipinski definition) is 1. The zero-order chi connectivity index (χ0) is 17.7. The van der Waals surface area contributed by atoms with E-state index < -0.39 is 5.60 Å². The van der Waals surface area contributed by atoms with Gasteiger partial charge in [-0.1, -0.05) is 18.2 Å². The molecular formula is C19H27FN2O3. The van der Waals surface area contributed by atoms with Crippen LogP contribution in [-0.4, -0.2) is 72.4 Å². The van der Waals surface area contributed by atoms with E-state index in [1.165, 1.54) is 12.5 Å². The van der Waals surface area contributed by atoms with Crippen LogP contribution in [0.25, 0.3) is 0 Å². The van der Waals surface area contributed by atoms with E-state index in [-0.39, 0.29) is 18.3 Å². The summed E-state index contributed by atoms with van der Waals surface area (Å²) in [7, 11) is 0. The van der Waals surface area contributed by atoms with Crippen LogP contribution < -0.4 is 0 Å². The van der Waals surface area contributed by atoms with Crippen LogP contribution in [0, 0.1) is 5.82 Å². The molecule has 0 unspecified atom stereocenters. The van der Waals surface area contributed by atoms with Gasteiger partial charge in [0.25, 0.3) is 0 Å². The van der Waals surface area contributed by atoms with Gasteiger partial charge in [-0.3, -0.25) is 9.69 Å². The van der Waals surface area contributed by atoms with Crippen LogP contribution in [0.4, 0.5) is 4.39 Å². The van der Waals surface area contributed by atoms with Gasteiger partial charge in [-0.05, 0) is 30.9 Å². The minimum atomic E-state index is -0.859. The lowest BCUT2D eigenvalue weighted by Gasteiger charge is -2.42. The predicted octanol–water partition coefficient (Wildman–Crippen LogP) is 1.44. The third-order valence-electron chi connectivity index (χ3n) is 5.15. The molecule has 2 aliphatic rings. The van der Waals surface area contributed by atoms with Crippen molar-refractivity contribution in [1.29, 1.82) is 0 Å². The molecule has 2 fully saturated rings. The lowest BCUT2D eigenvalue weighted by atomic mass is 9.92. The first-order chi connectivity index (χ1) is 12.1. The molecule has 1 N–H and O–H groups in total. The van der Waals surface area contributed by atoms with Crippen LogP contribution in [0.3, 0.4) is 0 Å². The second-order valence-electron chi connectivity index (χ2n) is 7.11. The van der Waals surface area contributed by atoms with Crippen molar-refractivity contribution in [2.45, 2.75) is 31.3 Å². The molecule has 6 heteroatoms. The third-order valence-corrected chi connectivity index (χ3v) is 5.15. The van der Waals surface area contributed by atoms with E-state index in [9.17, 15) is 14.3 Å². The Kier molecular flexibility index (Phi) is 6.04. The topological polar surface area (TPSA) is 53.0 Å². The maximum absolute atomic E-state index is 14.0. The summed E-state index contributed by atoms with van der Waals surface area (Å²) in [5, 5.41) is 9.92. The van der Waals surface area contributed by atoms with Crippen LogP contribution in [0.5, 0.6) is 0 Å². The molecule has 3 rings (SSSR count). The van der Waals surface area contributed by atoms with E-state index in [0.29, 0.717) is 38.2 Å². The SMILES string of the molecule is O=C(CN1CCO[C@@](CO)(Cc2ccccc2F)C1)N1CCCCC1. The number of morpholine rings is 1. The maximum Gasteiger partial charge on any atom is 0.236 e. The van der Waals surface area contributed by atoms with Crippen LogP contribution >= 0.6 is 0 Å². The van der Waals surface area contributed by atoms with Gasteiger partial charge in [-0.2, -0.15) is 0 Å². The van der Waals surface area contributed by atoms with Crippen molar-refractivity contribution >= 4 is 5.91 Å². The Balaban J connectivity index is 1.63. The fourth-order valence-electron chi connectivity index (χ4n) is 3.74. The quantitative estimate of drug-likeness (QED) is 0.873. The van der Waals surface area contributed by atoms with Gasteiger partial charge >= 0.3 is 0 Å². The molecule has 0 aliphatic carbocycles. The number of aliphatic hydroxyl groups is 1. The van der Waals surface area contributed by atoms with Gasteiger partial charge in [0.2, 0.25) is 5.91 Å². The molecule has 25 heavy (non-hydrogen) atoms. The number of nitrogens with zero attached hydrogens (tertiary/aromatic N) is 2. The number of rotatable bonds is 5. The van der Waals surface area contributed by atoms with E-state index in [2.05, 4.69) is 0 Å². The van der Waals surface area contributed by atoms with E-state index in [4.69, 9.17) is 4.74 Å². The molecule has 1 aromatic carbocycles. The Hall–Kier alpha value is -1.50. The highest BCUT2D eigenvalue weighted by molar-refractivity contribution is 5.78. The summed E-state index contributed by atoms with van der Waals surface area (Å²) < 4.78 is 19.8. The first kappa shape index (κ1) is 18.3. The van der Waals surface area contributed by atoms with Crippen LogP contribution in [0.2, 0.25) is 0 Å². The molecule has 0 radical (unpaired) electrons. The van der Waals surface area contributed by atoms with Gasteiger partial charge < -0.3 is 14.7 Å². The molecule has 1 aromatic rings. The minimum absolute atomic E-state index is 0.138. The normalized spacial score (nSPS) is 25.1. The van der Waals surface area contributed by atoms with Crippen molar-refractivity contribution in [2.24, 2.45) is 0 Å². The number of carbonyl (C=O) groups excluding carboxylic acids is 1. The second-order valence-corrected chi connectivity index (χ2v) is 7.11. The number of benzene rings is 1. The standard InChI is InChI=1S/C19H27FN2O3/c20-17-7-3-2-6-16(17)12-19(15-23)14-21(10-11-25-19)13-18(24)22-8-4-1-5-9-22/h2-3,6-7,23H,1,4-5,8-15H2/t19-/m0/s1. The number of carbonyl (C=O) groups is 1. The molecule has 138 valence electrons. The lowest BCUT2D eigenvalue weighted by molar-refractivity contribution is -0.147. The van der Waals surface area contributed by atoms with Gasteiger partial charge in [0.1, 0.15) is 11.4 Å². The zero-order valence-corrected chi connectivity index (χ0v) is 14.6. The molecule has 2 heterocycles. The summed E-state index contributed by atoms with van der Waals surface area (Å²) in [5.74, 6) is -0.153. The minimum Gasteiger partial charge on any atom is -0.393 e. The summed E-state index contributed by atoms with van der Waals surface area (Å²) in [5.41, 5.74) is -0.330. The molecule has 1 amide bonds. The number of likely N-dealkylation sites (tertiary alicyclic amines) is 1. The first-order valence-corrected chi connectivity index (χ1v) is 9.10. The Morgan fingerprint density at radius 3 is 2.68 bits per heavy atom. The molecule has 2 saturated heterocycles. The Morgan fingerprint density at radius 2 is 1.96 bits per heavy atom. The number of ether oxygens (including phenoxy) is 1. The number of aliphatic hydroxyl groups excluding tert-OH is 1. The molecule has 0 aromatic heterocycles. The van der Waals surface area contributed by atoms with Gasteiger partial charge in [-0.25, -0.2) is 4.39 Å². The van der Waals surface area contributed by atoms with Crippen LogP contribution in [0.15, 0.2) is 24.3 Å². The predicted molar refractivity (Wildman–Crippen MR) is 92.7 cm³/mol. The molecule has 5 nitrogen and oxygen atoms in total. The van der Waals surface area contributed by atoms with Crippen molar-refractivity contribution in [3.05, 3.63) is 35.6 Å². The number of halogens is 1. The fourth-order valence-corrected chi connectivity index (χ4v) is 3.74. The van der Waals surface area contributed by atoms with Crippen molar-refractivity contribution in [3.63, 3.8) is 0 Å². The Labute approximate surface area is 148 Å². The van der Waals surface area contributed by atoms with E-state index in [0.717, 1.165) is 25.9 Å². The Bertz CT molecular complexity index is 592. The largest absolute Gasteiger partial charge is 0.393 e.